The fourth-order valence-electron chi connectivity index (χ4n) is 2.43. The highest BCUT2D eigenvalue weighted by Crippen LogP contribution is 2.29. The zero-order valence-electron chi connectivity index (χ0n) is 15.2. The van der Waals surface area contributed by atoms with Crippen LogP contribution in [0.25, 0.3) is 0 Å². The lowest BCUT2D eigenvalue weighted by Gasteiger charge is -2.13. The first-order valence-corrected chi connectivity index (χ1v) is 8.53. The van der Waals surface area contributed by atoms with Gasteiger partial charge >= 0.3 is 0 Å². The lowest BCUT2D eigenvalue weighted by molar-refractivity contribution is 0.250. The third kappa shape index (κ3) is 5.54. The van der Waals surface area contributed by atoms with Gasteiger partial charge in [-0.05, 0) is 48.2 Å². The Balaban J connectivity index is 1.75. The molecule has 2 aromatic rings. The molecule has 0 saturated carbocycles. The fourth-order valence-corrected chi connectivity index (χ4v) is 2.43. The summed E-state index contributed by atoms with van der Waals surface area (Å²) in [6, 6.07) is 10.7. The van der Waals surface area contributed by atoms with Crippen LogP contribution >= 0.6 is 0 Å². The molecular weight excluding hydrogens is 336 g/mol. The summed E-state index contributed by atoms with van der Waals surface area (Å²) in [4.78, 5) is 0. The third-order valence-corrected chi connectivity index (χ3v) is 3.88. The van der Waals surface area contributed by atoms with Crippen molar-refractivity contribution in [3.8, 4) is 23.0 Å². The van der Waals surface area contributed by atoms with Gasteiger partial charge in [0, 0.05) is 0 Å². The van der Waals surface area contributed by atoms with Gasteiger partial charge in [-0.3, -0.25) is 0 Å². The molecule has 0 unspecified atom stereocenters. The lowest BCUT2D eigenvalue weighted by Crippen LogP contribution is -2.04. The highest BCUT2D eigenvalue weighted by molar-refractivity contribution is 5.43. The summed E-state index contributed by atoms with van der Waals surface area (Å²) in [5.74, 6) is 2.54. The Labute approximate surface area is 153 Å². The van der Waals surface area contributed by atoms with Gasteiger partial charge in [-0.25, -0.2) is 0 Å². The van der Waals surface area contributed by atoms with Crippen LogP contribution in [0.5, 0.6) is 23.0 Å². The van der Waals surface area contributed by atoms with Crippen molar-refractivity contribution in [3.63, 3.8) is 0 Å². The highest BCUT2D eigenvalue weighted by atomic mass is 16.5. The quantitative estimate of drug-likeness (QED) is 0.599. The first-order chi connectivity index (χ1) is 12.7. The Morgan fingerprint density at radius 2 is 1.08 bits per heavy atom. The standard InChI is InChI=1S/C20H26O6/c1-23-19-11-15(13-21)5-7-17(19)25-9-3-4-10-26-18-8-6-16(14-22)12-20(18)24-2/h5-8,11-12,21-22H,3-4,9-10,13-14H2,1-2H3. The van der Waals surface area contributed by atoms with Crippen LogP contribution in [0.1, 0.15) is 24.0 Å². The summed E-state index contributed by atoms with van der Waals surface area (Å²) in [5, 5.41) is 18.3. The molecule has 6 nitrogen and oxygen atoms in total. The van der Waals surface area contributed by atoms with E-state index in [1.54, 1.807) is 38.5 Å². The Morgan fingerprint density at radius 3 is 1.42 bits per heavy atom. The molecule has 0 bridgehead atoms. The van der Waals surface area contributed by atoms with Crippen LogP contribution < -0.4 is 18.9 Å². The minimum absolute atomic E-state index is 0.0310. The molecule has 0 aliphatic heterocycles. The average Bonchev–Trinajstić information content (AvgIpc) is 2.70. The zero-order chi connectivity index (χ0) is 18.8. The van der Waals surface area contributed by atoms with E-state index in [1.807, 2.05) is 12.1 Å². The van der Waals surface area contributed by atoms with E-state index in [9.17, 15) is 0 Å². The molecule has 0 aliphatic rings. The lowest BCUT2D eigenvalue weighted by atomic mass is 10.2. The van der Waals surface area contributed by atoms with Gasteiger partial charge < -0.3 is 29.2 Å². The predicted octanol–water partition coefficient (Wildman–Crippen LogP) is 2.93. The van der Waals surface area contributed by atoms with E-state index in [-0.39, 0.29) is 13.2 Å². The zero-order valence-corrected chi connectivity index (χ0v) is 15.2. The van der Waals surface area contributed by atoms with Crippen LogP contribution in [0.15, 0.2) is 36.4 Å². The number of unbranched alkanes of at least 4 members (excludes halogenated alkanes) is 1. The summed E-state index contributed by atoms with van der Waals surface area (Å²) in [5.41, 5.74) is 1.56. The molecule has 0 aromatic heterocycles. The van der Waals surface area contributed by atoms with Gasteiger partial charge in [-0.2, -0.15) is 0 Å². The van der Waals surface area contributed by atoms with Crippen molar-refractivity contribution in [1.82, 2.24) is 0 Å². The molecule has 0 atom stereocenters. The topological polar surface area (TPSA) is 77.4 Å². The van der Waals surface area contributed by atoms with E-state index in [0.29, 0.717) is 36.2 Å². The molecule has 6 heteroatoms. The molecule has 0 aliphatic carbocycles. The minimum atomic E-state index is -0.0310. The molecule has 2 rings (SSSR count). The van der Waals surface area contributed by atoms with Crippen molar-refractivity contribution in [3.05, 3.63) is 47.5 Å². The Bertz CT molecular complexity index is 626. The number of aliphatic hydroxyl groups is 2. The van der Waals surface area contributed by atoms with Crippen molar-refractivity contribution in [2.24, 2.45) is 0 Å². The summed E-state index contributed by atoms with van der Waals surface area (Å²) in [6.07, 6.45) is 1.64. The maximum Gasteiger partial charge on any atom is 0.161 e. The van der Waals surface area contributed by atoms with Gasteiger partial charge in [0.1, 0.15) is 0 Å². The second-order valence-corrected chi connectivity index (χ2v) is 5.69. The van der Waals surface area contributed by atoms with E-state index in [1.165, 1.54) is 0 Å². The monoisotopic (exact) mass is 362 g/mol. The van der Waals surface area contributed by atoms with E-state index in [2.05, 4.69) is 0 Å². The van der Waals surface area contributed by atoms with Gasteiger partial charge in [0.05, 0.1) is 40.6 Å². The number of aliphatic hydroxyl groups excluding tert-OH is 2. The summed E-state index contributed by atoms with van der Waals surface area (Å²) in [7, 11) is 3.15. The number of hydrogen-bond donors (Lipinski definition) is 2. The van der Waals surface area contributed by atoms with Crippen molar-refractivity contribution < 1.29 is 29.2 Å². The van der Waals surface area contributed by atoms with E-state index >= 15 is 0 Å². The van der Waals surface area contributed by atoms with Gasteiger partial charge in [0.2, 0.25) is 0 Å². The molecule has 0 spiro atoms. The molecule has 0 heterocycles. The molecule has 2 aromatic carbocycles. The van der Waals surface area contributed by atoms with E-state index < -0.39 is 0 Å². The molecule has 142 valence electrons. The summed E-state index contributed by atoms with van der Waals surface area (Å²) < 4.78 is 22.0. The first kappa shape index (κ1) is 19.9. The molecule has 2 N–H and O–H groups in total. The number of methoxy groups -OCH3 is 2. The largest absolute Gasteiger partial charge is 0.493 e. The number of ether oxygens (including phenoxy) is 4. The Hall–Kier alpha value is -2.44. The maximum absolute atomic E-state index is 9.15. The van der Waals surface area contributed by atoms with Gasteiger partial charge in [0.25, 0.3) is 0 Å². The highest BCUT2D eigenvalue weighted by Gasteiger charge is 2.07. The summed E-state index contributed by atoms with van der Waals surface area (Å²) >= 11 is 0. The van der Waals surface area contributed by atoms with Crippen LogP contribution in [0.4, 0.5) is 0 Å². The summed E-state index contributed by atoms with van der Waals surface area (Å²) in [6.45, 7) is 1.02. The van der Waals surface area contributed by atoms with Crippen LogP contribution in [0.2, 0.25) is 0 Å². The van der Waals surface area contributed by atoms with E-state index in [0.717, 1.165) is 24.0 Å². The van der Waals surface area contributed by atoms with Gasteiger partial charge in [-0.1, -0.05) is 12.1 Å². The SMILES string of the molecule is COc1cc(CO)ccc1OCCCCOc1ccc(CO)cc1OC. The smallest absolute Gasteiger partial charge is 0.161 e. The van der Waals surface area contributed by atoms with Crippen LogP contribution in [-0.4, -0.2) is 37.6 Å². The van der Waals surface area contributed by atoms with Gasteiger partial charge in [-0.15, -0.1) is 0 Å². The average molecular weight is 362 g/mol. The van der Waals surface area contributed by atoms with Crippen LogP contribution in [-0.2, 0) is 13.2 Å². The number of benzene rings is 2. The number of rotatable bonds is 11. The second kappa shape index (κ2) is 10.5. The first-order valence-electron chi connectivity index (χ1n) is 8.53. The molecule has 0 amide bonds. The molecule has 0 fully saturated rings. The molecule has 0 saturated heterocycles. The van der Waals surface area contributed by atoms with Crippen molar-refractivity contribution >= 4 is 0 Å². The number of hydrogen-bond acceptors (Lipinski definition) is 6. The Kier molecular flexibility index (Phi) is 8.05. The Morgan fingerprint density at radius 1 is 0.654 bits per heavy atom. The van der Waals surface area contributed by atoms with Crippen molar-refractivity contribution in [1.29, 1.82) is 0 Å². The normalized spacial score (nSPS) is 10.5. The van der Waals surface area contributed by atoms with Crippen molar-refractivity contribution in [2.75, 3.05) is 27.4 Å². The van der Waals surface area contributed by atoms with Crippen LogP contribution in [0.3, 0.4) is 0 Å². The fraction of sp³-hybridized carbons (Fsp3) is 0.400. The third-order valence-electron chi connectivity index (χ3n) is 3.88. The second-order valence-electron chi connectivity index (χ2n) is 5.69. The van der Waals surface area contributed by atoms with Crippen LogP contribution in [0, 0.1) is 0 Å². The molecular formula is C20H26O6. The van der Waals surface area contributed by atoms with Gasteiger partial charge in [0.15, 0.2) is 23.0 Å². The predicted molar refractivity (Wildman–Crippen MR) is 98.1 cm³/mol. The van der Waals surface area contributed by atoms with Crippen molar-refractivity contribution in [2.45, 2.75) is 26.1 Å². The molecule has 26 heavy (non-hydrogen) atoms. The molecule has 0 radical (unpaired) electrons. The maximum atomic E-state index is 9.15. The van der Waals surface area contributed by atoms with E-state index in [4.69, 9.17) is 29.2 Å². The minimum Gasteiger partial charge on any atom is -0.493 e.